The van der Waals surface area contributed by atoms with Gasteiger partial charge >= 0.3 is 0 Å². The predicted molar refractivity (Wildman–Crippen MR) is 78.4 cm³/mol. The van der Waals surface area contributed by atoms with Crippen LogP contribution in [0.3, 0.4) is 0 Å². The molecule has 0 aliphatic carbocycles. The largest absolute Gasteiger partial charge is 0.504 e. The Morgan fingerprint density at radius 1 is 1.26 bits per heavy atom. The van der Waals surface area contributed by atoms with Gasteiger partial charge in [-0.1, -0.05) is 44.5 Å². The van der Waals surface area contributed by atoms with Crippen molar-refractivity contribution in [3.63, 3.8) is 0 Å². The van der Waals surface area contributed by atoms with Gasteiger partial charge in [0.2, 0.25) is 0 Å². The second kappa shape index (κ2) is 4.72. The van der Waals surface area contributed by atoms with E-state index in [-0.39, 0.29) is 5.41 Å². The molecule has 0 aliphatic heterocycles. The first-order valence-electron chi connectivity index (χ1n) is 6.72. The topological polar surface area (TPSA) is 38.0 Å². The van der Waals surface area contributed by atoms with Crippen LogP contribution >= 0.6 is 0 Å². The van der Waals surface area contributed by atoms with Gasteiger partial charge in [-0.05, 0) is 19.9 Å². The molecule has 0 aliphatic rings. The van der Waals surface area contributed by atoms with Crippen molar-refractivity contribution >= 4 is 0 Å². The van der Waals surface area contributed by atoms with Gasteiger partial charge in [-0.25, -0.2) is 0 Å². The molecule has 1 N–H and O–H groups in total. The molecule has 2 aromatic rings. The highest BCUT2D eigenvalue weighted by atomic mass is 16.3. The monoisotopic (exact) mass is 258 g/mol. The van der Waals surface area contributed by atoms with Gasteiger partial charge in [0.05, 0.1) is 0 Å². The Balaban J connectivity index is 2.66. The Kier molecular flexibility index (Phi) is 3.40. The smallest absolute Gasteiger partial charge is 0.165 e. The average Bonchev–Trinajstić information content (AvgIpc) is 2.66. The molecule has 0 saturated carbocycles. The number of hydrogen-bond acceptors (Lipinski definition) is 2. The van der Waals surface area contributed by atoms with Crippen molar-refractivity contribution in [1.82, 2.24) is 9.78 Å². The molecule has 0 fully saturated rings. The molecular weight excluding hydrogens is 236 g/mol. The second-order valence-corrected chi connectivity index (χ2v) is 5.98. The molecule has 19 heavy (non-hydrogen) atoms. The molecule has 0 radical (unpaired) electrons. The van der Waals surface area contributed by atoms with E-state index >= 15 is 0 Å². The predicted octanol–water partition coefficient (Wildman–Crippen LogP) is 3.88. The molecule has 0 atom stereocenters. The van der Waals surface area contributed by atoms with Crippen LogP contribution in [0.1, 0.15) is 39.0 Å². The Morgan fingerprint density at radius 3 is 2.47 bits per heavy atom. The van der Waals surface area contributed by atoms with Crippen molar-refractivity contribution in [3.05, 3.63) is 35.5 Å². The molecule has 0 bridgehead atoms. The van der Waals surface area contributed by atoms with Crippen LogP contribution < -0.4 is 0 Å². The number of aryl methyl sites for hydroxylation is 2. The van der Waals surface area contributed by atoms with E-state index in [1.807, 2.05) is 23.7 Å². The highest BCUT2D eigenvalue weighted by Crippen LogP contribution is 2.38. The van der Waals surface area contributed by atoms with Crippen molar-refractivity contribution in [2.45, 2.75) is 46.6 Å². The first-order valence-corrected chi connectivity index (χ1v) is 6.72. The van der Waals surface area contributed by atoms with E-state index in [0.29, 0.717) is 5.75 Å². The summed E-state index contributed by atoms with van der Waals surface area (Å²) >= 11 is 0. The number of hydrogen-bond donors (Lipinski definition) is 1. The summed E-state index contributed by atoms with van der Waals surface area (Å²) in [4.78, 5) is 0. The second-order valence-electron chi connectivity index (χ2n) is 5.98. The van der Waals surface area contributed by atoms with Gasteiger partial charge in [-0.3, -0.25) is 4.68 Å². The molecule has 0 spiro atoms. The molecule has 1 aromatic heterocycles. The lowest BCUT2D eigenvalue weighted by atomic mass is 9.91. The molecule has 0 saturated heterocycles. The standard InChI is InChI=1S/C16H22N2O/c1-6-18-13(12-9-7-8-11(2)10-12)14(19)15(17-18)16(3,4)5/h7-10,19H,6H2,1-5H3. The maximum Gasteiger partial charge on any atom is 0.165 e. The van der Waals surface area contributed by atoms with Crippen molar-refractivity contribution in [1.29, 1.82) is 0 Å². The van der Waals surface area contributed by atoms with E-state index in [1.165, 1.54) is 5.56 Å². The number of nitrogens with zero attached hydrogens (tertiary/aromatic N) is 2. The van der Waals surface area contributed by atoms with E-state index in [0.717, 1.165) is 23.5 Å². The summed E-state index contributed by atoms with van der Waals surface area (Å²) in [5.74, 6) is 0.306. The minimum absolute atomic E-state index is 0.164. The van der Waals surface area contributed by atoms with Crippen LogP contribution in [0.15, 0.2) is 24.3 Å². The van der Waals surface area contributed by atoms with Gasteiger partial charge in [0, 0.05) is 17.5 Å². The van der Waals surface area contributed by atoms with Crippen molar-refractivity contribution in [3.8, 4) is 17.0 Å². The normalized spacial score (nSPS) is 11.8. The lowest BCUT2D eigenvalue weighted by Gasteiger charge is -2.15. The Morgan fingerprint density at radius 2 is 1.95 bits per heavy atom. The van der Waals surface area contributed by atoms with E-state index < -0.39 is 0 Å². The Hall–Kier alpha value is -1.77. The minimum Gasteiger partial charge on any atom is -0.504 e. The molecule has 1 aromatic carbocycles. The van der Waals surface area contributed by atoms with Crippen molar-refractivity contribution in [2.75, 3.05) is 0 Å². The van der Waals surface area contributed by atoms with E-state index in [1.54, 1.807) is 0 Å². The van der Waals surface area contributed by atoms with Crippen LogP contribution in [-0.2, 0) is 12.0 Å². The maximum atomic E-state index is 10.5. The van der Waals surface area contributed by atoms with Gasteiger partial charge in [-0.2, -0.15) is 5.10 Å². The summed E-state index contributed by atoms with van der Waals surface area (Å²) < 4.78 is 1.88. The molecule has 3 nitrogen and oxygen atoms in total. The molecule has 2 rings (SSSR count). The number of rotatable bonds is 2. The van der Waals surface area contributed by atoms with Crippen LogP contribution in [0.2, 0.25) is 0 Å². The highest BCUT2D eigenvalue weighted by Gasteiger charge is 2.26. The lowest BCUT2D eigenvalue weighted by molar-refractivity contribution is 0.445. The third-order valence-electron chi connectivity index (χ3n) is 3.23. The lowest BCUT2D eigenvalue weighted by Crippen LogP contribution is -2.13. The van der Waals surface area contributed by atoms with Crippen molar-refractivity contribution in [2.24, 2.45) is 0 Å². The fraction of sp³-hybridized carbons (Fsp3) is 0.438. The van der Waals surface area contributed by atoms with Gasteiger partial charge in [-0.15, -0.1) is 0 Å². The molecular formula is C16H22N2O. The summed E-state index contributed by atoms with van der Waals surface area (Å²) in [6, 6.07) is 8.16. The summed E-state index contributed by atoms with van der Waals surface area (Å²) in [6.07, 6.45) is 0. The summed E-state index contributed by atoms with van der Waals surface area (Å²) in [6.45, 7) is 11.0. The minimum atomic E-state index is -0.164. The zero-order valence-electron chi connectivity index (χ0n) is 12.4. The first kappa shape index (κ1) is 13.7. The van der Waals surface area contributed by atoms with Gasteiger partial charge in [0.1, 0.15) is 11.4 Å². The average molecular weight is 258 g/mol. The quantitative estimate of drug-likeness (QED) is 0.887. The number of benzene rings is 1. The highest BCUT2D eigenvalue weighted by molar-refractivity contribution is 5.69. The number of aromatic nitrogens is 2. The third kappa shape index (κ3) is 2.50. The van der Waals surface area contributed by atoms with Crippen LogP contribution in [0.4, 0.5) is 0 Å². The fourth-order valence-corrected chi connectivity index (χ4v) is 2.26. The van der Waals surface area contributed by atoms with Gasteiger partial charge < -0.3 is 5.11 Å². The number of aromatic hydroxyl groups is 1. The SMILES string of the molecule is CCn1nc(C(C)(C)C)c(O)c1-c1cccc(C)c1. The Bertz CT molecular complexity index is 591. The van der Waals surface area contributed by atoms with Crippen LogP contribution in [0.25, 0.3) is 11.3 Å². The molecule has 3 heteroatoms. The van der Waals surface area contributed by atoms with E-state index in [2.05, 4.69) is 44.9 Å². The molecule has 0 unspecified atom stereocenters. The molecule has 1 heterocycles. The van der Waals surface area contributed by atoms with Crippen LogP contribution in [0.5, 0.6) is 5.75 Å². The first-order chi connectivity index (χ1) is 8.84. The van der Waals surface area contributed by atoms with Crippen molar-refractivity contribution < 1.29 is 5.11 Å². The van der Waals surface area contributed by atoms with Crippen LogP contribution in [0, 0.1) is 6.92 Å². The Labute approximate surface area is 114 Å². The fourth-order valence-electron chi connectivity index (χ4n) is 2.26. The molecule has 102 valence electrons. The zero-order chi connectivity index (χ0) is 14.2. The van der Waals surface area contributed by atoms with Crippen LogP contribution in [-0.4, -0.2) is 14.9 Å². The van der Waals surface area contributed by atoms with E-state index in [9.17, 15) is 5.11 Å². The summed E-state index contributed by atoms with van der Waals surface area (Å²) in [7, 11) is 0. The van der Waals surface area contributed by atoms with E-state index in [4.69, 9.17) is 0 Å². The molecule has 0 amide bonds. The van der Waals surface area contributed by atoms with Gasteiger partial charge in [0.15, 0.2) is 5.75 Å². The maximum absolute atomic E-state index is 10.5. The summed E-state index contributed by atoms with van der Waals surface area (Å²) in [5.41, 5.74) is 3.60. The summed E-state index contributed by atoms with van der Waals surface area (Å²) in [5, 5.41) is 15.1. The third-order valence-corrected chi connectivity index (χ3v) is 3.23. The van der Waals surface area contributed by atoms with Gasteiger partial charge in [0.25, 0.3) is 0 Å². The zero-order valence-corrected chi connectivity index (χ0v) is 12.4.